The van der Waals surface area contributed by atoms with Crippen molar-refractivity contribution in [1.29, 1.82) is 0 Å². The number of nitrogens with zero attached hydrogens (tertiary/aromatic N) is 4. The number of nitrogen functional groups attached to an aromatic ring is 1. The van der Waals surface area contributed by atoms with Gasteiger partial charge in [0.1, 0.15) is 0 Å². The summed E-state index contributed by atoms with van der Waals surface area (Å²) in [6.07, 6.45) is 5.35. The lowest BCUT2D eigenvalue weighted by molar-refractivity contribution is 0.137. The fourth-order valence-electron chi connectivity index (χ4n) is 2.24. The maximum absolute atomic E-state index is 6.00. The lowest BCUT2D eigenvalue weighted by Crippen LogP contribution is -2.08. The molecule has 21 heavy (non-hydrogen) atoms. The minimum atomic E-state index is 0.491. The topological polar surface area (TPSA) is 78.9 Å². The molecule has 0 amide bonds. The first-order chi connectivity index (χ1) is 10.3. The SMILES string of the molecule is CCOCCn1nc(N)c2cc(-c3ccncc3)cnc21. The summed E-state index contributed by atoms with van der Waals surface area (Å²) in [5, 5.41) is 5.20. The maximum Gasteiger partial charge on any atom is 0.160 e. The van der Waals surface area contributed by atoms with E-state index in [-0.39, 0.29) is 0 Å². The Hall–Kier alpha value is -2.47. The zero-order chi connectivity index (χ0) is 14.7. The van der Waals surface area contributed by atoms with Crippen LogP contribution in [0.4, 0.5) is 5.82 Å². The van der Waals surface area contributed by atoms with Crippen molar-refractivity contribution in [2.24, 2.45) is 0 Å². The van der Waals surface area contributed by atoms with Crippen LogP contribution in [0.25, 0.3) is 22.2 Å². The molecule has 0 aliphatic rings. The second kappa shape index (κ2) is 5.88. The zero-order valence-electron chi connectivity index (χ0n) is 11.9. The van der Waals surface area contributed by atoms with Gasteiger partial charge in [-0.15, -0.1) is 0 Å². The Balaban J connectivity index is 1.97. The van der Waals surface area contributed by atoms with Crippen molar-refractivity contribution in [3.63, 3.8) is 0 Å². The second-order valence-electron chi connectivity index (χ2n) is 4.64. The summed E-state index contributed by atoms with van der Waals surface area (Å²) in [6, 6.07) is 5.90. The van der Waals surface area contributed by atoms with Crippen LogP contribution in [0.1, 0.15) is 6.92 Å². The Kier molecular flexibility index (Phi) is 3.79. The number of pyridine rings is 2. The highest BCUT2D eigenvalue weighted by atomic mass is 16.5. The predicted molar refractivity (Wildman–Crippen MR) is 81.7 cm³/mol. The fourth-order valence-corrected chi connectivity index (χ4v) is 2.24. The van der Waals surface area contributed by atoms with Gasteiger partial charge in [-0.25, -0.2) is 9.67 Å². The van der Waals surface area contributed by atoms with Crippen molar-refractivity contribution in [3.05, 3.63) is 36.8 Å². The van der Waals surface area contributed by atoms with Crippen molar-refractivity contribution in [1.82, 2.24) is 19.7 Å². The first-order valence-corrected chi connectivity index (χ1v) is 6.89. The Labute approximate surface area is 122 Å². The van der Waals surface area contributed by atoms with Gasteiger partial charge in [0.2, 0.25) is 0 Å². The lowest BCUT2D eigenvalue weighted by Gasteiger charge is -2.04. The van der Waals surface area contributed by atoms with Crippen LogP contribution in [0.15, 0.2) is 36.8 Å². The van der Waals surface area contributed by atoms with Gasteiger partial charge in [-0.2, -0.15) is 5.10 Å². The number of anilines is 1. The number of rotatable bonds is 5. The predicted octanol–water partition coefficient (Wildman–Crippen LogP) is 2.11. The standard InChI is InChI=1S/C15H17N5O/c1-2-21-8-7-20-15-13(14(16)19-20)9-12(10-18-15)11-3-5-17-6-4-11/h3-6,9-10H,2,7-8H2,1H3,(H2,16,19). The van der Waals surface area contributed by atoms with Crippen LogP contribution in [0.5, 0.6) is 0 Å². The highest BCUT2D eigenvalue weighted by Gasteiger charge is 2.10. The molecule has 0 fully saturated rings. The van der Waals surface area contributed by atoms with Gasteiger partial charge in [0, 0.05) is 30.8 Å². The van der Waals surface area contributed by atoms with Crippen molar-refractivity contribution in [2.75, 3.05) is 18.9 Å². The summed E-state index contributed by atoms with van der Waals surface area (Å²) >= 11 is 0. The number of fused-ring (bicyclic) bond motifs is 1. The molecule has 3 rings (SSSR count). The molecule has 0 unspecified atom stereocenters. The van der Waals surface area contributed by atoms with Crippen LogP contribution in [0.2, 0.25) is 0 Å². The van der Waals surface area contributed by atoms with Crippen LogP contribution in [-0.4, -0.2) is 33.0 Å². The molecule has 0 radical (unpaired) electrons. The van der Waals surface area contributed by atoms with Gasteiger partial charge in [-0.05, 0) is 30.7 Å². The minimum absolute atomic E-state index is 0.491. The average Bonchev–Trinajstić information content (AvgIpc) is 2.84. The second-order valence-corrected chi connectivity index (χ2v) is 4.64. The van der Waals surface area contributed by atoms with Crippen LogP contribution in [0, 0.1) is 0 Å². The number of nitrogens with two attached hydrogens (primary N) is 1. The van der Waals surface area contributed by atoms with E-state index in [9.17, 15) is 0 Å². The van der Waals surface area contributed by atoms with E-state index in [4.69, 9.17) is 10.5 Å². The van der Waals surface area contributed by atoms with E-state index in [2.05, 4.69) is 15.1 Å². The van der Waals surface area contributed by atoms with Crippen molar-refractivity contribution >= 4 is 16.9 Å². The van der Waals surface area contributed by atoms with Gasteiger partial charge >= 0.3 is 0 Å². The average molecular weight is 283 g/mol. The molecule has 3 aromatic heterocycles. The molecule has 0 aliphatic carbocycles. The monoisotopic (exact) mass is 283 g/mol. The molecule has 3 aromatic rings. The Morgan fingerprint density at radius 1 is 1.24 bits per heavy atom. The summed E-state index contributed by atoms with van der Waals surface area (Å²) in [4.78, 5) is 8.52. The van der Waals surface area contributed by atoms with Gasteiger partial charge in [-0.3, -0.25) is 4.98 Å². The van der Waals surface area contributed by atoms with E-state index in [1.807, 2.05) is 31.3 Å². The van der Waals surface area contributed by atoms with Gasteiger partial charge < -0.3 is 10.5 Å². The number of hydrogen-bond acceptors (Lipinski definition) is 5. The van der Waals surface area contributed by atoms with Crippen molar-refractivity contribution < 1.29 is 4.74 Å². The third-order valence-electron chi connectivity index (χ3n) is 3.28. The normalized spacial score (nSPS) is 11.1. The highest BCUT2D eigenvalue weighted by molar-refractivity contribution is 5.89. The molecular weight excluding hydrogens is 266 g/mol. The molecule has 6 nitrogen and oxygen atoms in total. The van der Waals surface area contributed by atoms with Crippen molar-refractivity contribution in [3.8, 4) is 11.1 Å². The van der Waals surface area contributed by atoms with Crippen LogP contribution < -0.4 is 5.73 Å². The van der Waals surface area contributed by atoms with Crippen molar-refractivity contribution in [2.45, 2.75) is 13.5 Å². The summed E-state index contributed by atoms with van der Waals surface area (Å²) in [7, 11) is 0. The van der Waals surface area contributed by atoms with E-state index in [0.717, 1.165) is 22.2 Å². The van der Waals surface area contributed by atoms with Crippen LogP contribution >= 0.6 is 0 Å². The van der Waals surface area contributed by atoms with Gasteiger partial charge in [-0.1, -0.05) is 0 Å². The molecule has 0 bridgehead atoms. The van der Waals surface area contributed by atoms with E-state index in [1.54, 1.807) is 17.1 Å². The minimum Gasteiger partial charge on any atom is -0.382 e. The molecule has 108 valence electrons. The van der Waals surface area contributed by atoms with Gasteiger partial charge in [0.25, 0.3) is 0 Å². The number of hydrogen-bond donors (Lipinski definition) is 1. The molecule has 0 aromatic carbocycles. The van der Waals surface area contributed by atoms with E-state index in [1.165, 1.54) is 0 Å². The summed E-state index contributed by atoms with van der Waals surface area (Å²) < 4.78 is 7.14. The summed E-state index contributed by atoms with van der Waals surface area (Å²) in [5.41, 5.74) is 8.84. The number of ether oxygens (including phenoxy) is 1. The molecule has 0 aliphatic heterocycles. The largest absolute Gasteiger partial charge is 0.382 e. The number of aromatic nitrogens is 4. The molecule has 0 spiro atoms. The summed E-state index contributed by atoms with van der Waals surface area (Å²) in [6.45, 7) is 3.90. The van der Waals surface area contributed by atoms with Crippen LogP contribution in [-0.2, 0) is 11.3 Å². The van der Waals surface area contributed by atoms with Gasteiger partial charge in [0.05, 0.1) is 18.5 Å². The Morgan fingerprint density at radius 3 is 2.81 bits per heavy atom. The molecule has 6 heteroatoms. The van der Waals surface area contributed by atoms with E-state index >= 15 is 0 Å². The summed E-state index contributed by atoms with van der Waals surface area (Å²) in [5.74, 6) is 0.491. The maximum atomic E-state index is 6.00. The molecule has 0 atom stereocenters. The smallest absolute Gasteiger partial charge is 0.160 e. The quantitative estimate of drug-likeness (QED) is 0.725. The molecule has 2 N–H and O–H groups in total. The van der Waals surface area contributed by atoms with E-state index in [0.29, 0.717) is 25.6 Å². The molecule has 0 saturated heterocycles. The Morgan fingerprint density at radius 2 is 2.05 bits per heavy atom. The fraction of sp³-hybridized carbons (Fsp3) is 0.267. The molecular formula is C15H17N5O. The molecule has 3 heterocycles. The first kappa shape index (κ1) is 13.5. The zero-order valence-corrected chi connectivity index (χ0v) is 11.9. The lowest BCUT2D eigenvalue weighted by atomic mass is 10.1. The third kappa shape index (κ3) is 2.71. The Bertz CT molecular complexity index is 738. The molecule has 0 saturated carbocycles. The first-order valence-electron chi connectivity index (χ1n) is 6.89. The van der Waals surface area contributed by atoms with Crippen LogP contribution in [0.3, 0.4) is 0 Å². The highest BCUT2D eigenvalue weighted by Crippen LogP contribution is 2.25. The van der Waals surface area contributed by atoms with Gasteiger partial charge in [0.15, 0.2) is 11.5 Å². The third-order valence-corrected chi connectivity index (χ3v) is 3.28. The van der Waals surface area contributed by atoms with E-state index < -0.39 is 0 Å².